The van der Waals surface area contributed by atoms with E-state index in [9.17, 15) is 9.59 Å². The number of hydrogen-bond donors (Lipinski definition) is 2. The Hall–Kier alpha value is -2.12. The highest BCUT2D eigenvalue weighted by Crippen LogP contribution is 2.29. The van der Waals surface area contributed by atoms with Gasteiger partial charge in [-0.1, -0.05) is 0 Å². The minimum atomic E-state index is -0.535. The van der Waals surface area contributed by atoms with Crippen LogP contribution in [0, 0.1) is 6.92 Å². The summed E-state index contributed by atoms with van der Waals surface area (Å²) in [5, 5.41) is 2.83. The molecule has 2 amide bonds. The third kappa shape index (κ3) is 3.62. The van der Waals surface area contributed by atoms with Crippen LogP contribution in [0.25, 0.3) is 10.6 Å². The van der Waals surface area contributed by atoms with Crippen molar-refractivity contribution >= 4 is 23.2 Å². The summed E-state index contributed by atoms with van der Waals surface area (Å²) in [5.41, 5.74) is 5.21. The predicted molar refractivity (Wildman–Crippen MR) is 86.2 cm³/mol. The van der Waals surface area contributed by atoms with Gasteiger partial charge in [0.1, 0.15) is 17.6 Å². The van der Waals surface area contributed by atoms with Crippen molar-refractivity contribution in [1.82, 2.24) is 5.32 Å². The van der Waals surface area contributed by atoms with Crippen LogP contribution < -0.4 is 11.1 Å². The summed E-state index contributed by atoms with van der Waals surface area (Å²) in [4.78, 5) is 24.8. The summed E-state index contributed by atoms with van der Waals surface area (Å²) in [6, 6.07) is 7.42. The van der Waals surface area contributed by atoms with Gasteiger partial charge in [0, 0.05) is 6.54 Å². The van der Waals surface area contributed by atoms with Gasteiger partial charge in [0.15, 0.2) is 0 Å². The SMILES string of the molecule is Cc1ccc(-c2ccc(C(=O)NCC3CCC(C(N)=O)O3)s2)o1. The van der Waals surface area contributed by atoms with Crippen molar-refractivity contribution in [2.24, 2.45) is 5.73 Å². The van der Waals surface area contributed by atoms with E-state index in [2.05, 4.69) is 5.32 Å². The molecule has 3 heterocycles. The van der Waals surface area contributed by atoms with Gasteiger partial charge >= 0.3 is 0 Å². The maximum Gasteiger partial charge on any atom is 0.261 e. The molecule has 6 nitrogen and oxygen atoms in total. The van der Waals surface area contributed by atoms with E-state index >= 15 is 0 Å². The summed E-state index contributed by atoms with van der Waals surface area (Å²) in [6.45, 7) is 2.25. The molecule has 3 N–H and O–H groups in total. The number of nitrogens with one attached hydrogen (secondary N) is 1. The molecule has 0 spiro atoms. The maximum atomic E-state index is 12.2. The second kappa shape index (κ2) is 6.55. The van der Waals surface area contributed by atoms with Crippen molar-refractivity contribution in [3.8, 4) is 10.6 Å². The first-order valence-electron chi connectivity index (χ1n) is 7.42. The molecule has 3 rings (SSSR count). The molecule has 0 aromatic carbocycles. The molecular weight excluding hydrogens is 316 g/mol. The van der Waals surface area contributed by atoms with E-state index in [1.807, 2.05) is 25.1 Å². The number of aryl methyl sites for hydroxylation is 1. The number of carbonyl (C=O) groups excluding carboxylic acids is 2. The highest BCUT2D eigenvalue weighted by Gasteiger charge is 2.29. The summed E-state index contributed by atoms with van der Waals surface area (Å²) in [6.07, 6.45) is 0.627. The fourth-order valence-corrected chi connectivity index (χ4v) is 3.40. The van der Waals surface area contributed by atoms with Crippen molar-refractivity contribution in [2.75, 3.05) is 6.54 Å². The first-order valence-corrected chi connectivity index (χ1v) is 8.24. The van der Waals surface area contributed by atoms with Crippen molar-refractivity contribution in [3.05, 3.63) is 34.9 Å². The van der Waals surface area contributed by atoms with Crippen LogP contribution in [-0.4, -0.2) is 30.6 Å². The molecule has 0 saturated carbocycles. The second-order valence-electron chi connectivity index (χ2n) is 5.51. The summed E-state index contributed by atoms with van der Waals surface area (Å²) < 4.78 is 11.0. The summed E-state index contributed by atoms with van der Waals surface area (Å²) in [5.74, 6) is 0.989. The molecule has 2 atom stereocenters. The van der Waals surface area contributed by atoms with E-state index in [0.717, 1.165) is 22.8 Å². The van der Waals surface area contributed by atoms with Crippen LogP contribution in [0.4, 0.5) is 0 Å². The van der Waals surface area contributed by atoms with Gasteiger partial charge in [-0.3, -0.25) is 9.59 Å². The number of nitrogens with two attached hydrogens (primary N) is 1. The third-order valence-corrected chi connectivity index (χ3v) is 4.83. The Morgan fingerprint density at radius 1 is 1.30 bits per heavy atom. The lowest BCUT2D eigenvalue weighted by molar-refractivity contribution is -0.128. The van der Waals surface area contributed by atoms with Crippen molar-refractivity contribution in [3.63, 3.8) is 0 Å². The number of ether oxygens (including phenoxy) is 1. The van der Waals surface area contributed by atoms with Crippen LogP contribution in [0.3, 0.4) is 0 Å². The fourth-order valence-electron chi connectivity index (χ4n) is 2.52. The standard InChI is InChI=1S/C16H18N2O4S/c1-9-2-4-11(21-9)13-6-7-14(23-13)16(20)18-8-10-3-5-12(22-10)15(17)19/h2,4,6-7,10,12H,3,5,8H2,1H3,(H2,17,19)(H,18,20). The Balaban J connectivity index is 1.55. The molecule has 23 heavy (non-hydrogen) atoms. The van der Waals surface area contributed by atoms with Crippen LogP contribution in [0.15, 0.2) is 28.7 Å². The third-order valence-electron chi connectivity index (χ3n) is 3.73. The van der Waals surface area contributed by atoms with E-state index in [1.54, 1.807) is 6.07 Å². The Bertz CT molecular complexity index is 721. The largest absolute Gasteiger partial charge is 0.461 e. The number of hydrogen-bond acceptors (Lipinski definition) is 5. The van der Waals surface area contributed by atoms with Gasteiger partial charge in [0.05, 0.1) is 15.9 Å². The van der Waals surface area contributed by atoms with Gasteiger partial charge in [0.2, 0.25) is 5.91 Å². The van der Waals surface area contributed by atoms with E-state index in [1.165, 1.54) is 11.3 Å². The molecule has 0 radical (unpaired) electrons. The van der Waals surface area contributed by atoms with Crippen LogP contribution in [0.5, 0.6) is 0 Å². The van der Waals surface area contributed by atoms with Gasteiger partial charge in [-0.2, -0.15) is 0 Å². The Morgan fingerprint density at radius 2 is 2.13 bits per heavy atom. The molecule has 7 heteroatoms. The zero-order valence-corrected chi connectivity index (χ0v) is 13.5. The number of carbonyl (C=O) groups is 2. The quantitative estimate of drug-likeness (QED) is 0.875. The average molecular weight is 334 g/mol. The lowest BCUT2D eigenvalue weighted by atomic mass is 10.2. The summed E-state index contributed by atoms with van der Waals surface area (Å²) >= 11 is 1.37. The molecule has 122 valence electrons. The van der Waals surface area contributed by atoms with Crippen LogP contribution in [-0.2, 0) is 9.53 Å². The molecule has 0 aliphatic carbocycles. The van der Waals surface area contributed by atoms with Crippen molar-refractivity contribution in [1.29, 1.82) is 0 Å². The number of primary amides is 1. The first kappa shape index (κ1) is 15.8. The van der Waals surface area contributed by atoms with Gasteiger partial charge in [0.25, 0.3) is 5.91 Å². The van der Waals surface area contributed by atoms with Crippen molar-refractivity contribution < 1.29 is 18.7 Å². The molecule has 1 aliphatic heterocycles. The average Bonchev–Trinajstić information content (AvgIpc) is 3.24. The molecule has 2 unspecified atom stereocenters. The highest BCUT2D eigenvalue weighted by molar-refractivity contribution is 7.17. The summed E-state index contributed by atoms with van der Waals surface area (Å²) in [7, 11) is 0. The van der Waals surface area contributed by atoms with Gasteiger partial charge < -0.3 is 20.2 Å². The van der Waals surface area contributed by atoms with E-state index in [4.69, 9.17) is 14.9 Å². The first-order chi connectivity index (χ1) is 11.0. The van der Waals surface area contributed by atoms with Crippen LogP contribution >= 0.6 is 11.3 Å². The minimum absolute atomic E-state index is 0.157. The Labute approximate surface area is 137 Å². The molecular formula is C16H18N2O4S. The van der Waals surface area contributed by atoms with Gasteiger partial charge in [-0.05, 0) is 44.0 Å². The van der Waals surface area contributed by atoms with Crippen molar-refractivity contribution in [2.45, 2.75) is 32.0 Å². The van der Waals surface area contributed by atoms with Gasteiger partial charge in [-0.15, -0.1) is 11.3 Å². The van der Waals surface area contributed by atoms with E-state index in [-0.39, 0.29) is 12.0 Å². The number of furan rings is 1. The van der Waals surface area contributed by atoms with E-state index < -0.39 is 12.0 Å². The normalized spacial score (nSPS) is 20.6. The zero-order valence-electron chi connectivity index (χ0n) is 12.7. The number of rotatable bonds is 5. The second-order valence-corrected chi connectivity index (χ2v) is 6.59. The van der Waals surface area contributed by atoms with Crippen LogP contribution in [0.1, 0.15) is 28.3 Å². The monoisotopic (exact) mass is 334 g/mol. The molecule has 1 saturated heterocycles. The maximum absolute atomic E-state index is 12.2. The highest BCUT2D eigenvalue weighted by atomic mass is 32.1. The lowest BCUT2D eigenvalue weighted by Crippen LogP contribution is -2.34. The smallest absolute Gasteiger partial charge is 0.261 e. The van der Waals surface area contributed by atoms with Crippen LogP contribution in [0.2, 0.25) is 0 Å². The minimum Gasteiger partial charge on any atom is -0.461 e. The van der Waals surface area contributed by atoms with E-state index in [0.29, 0.717) is 17.8 Å². The number of thiophene rings is 1. The Kier molecular flexibility index (Phi) is 4.49. The number of amides is 2. The molecule has 1 fully saturated rings. The fraction of sp³-hybridized carbons (Fsp3) is 0.375. The predicted octanol–water partition coefficient (Wildman–Crippen LogP) is 2.08. The Morgan fingerprint density at radius 3 is 2.78 bits per heavy atom. The molecule has 1 aliphatic rings. The molecule has 0 bridgehead atoms. The molecule has 2 aromatic heterocycles. The lowest BCUT2D eigenvalue weighted by Gasteiger charge is -2.12. The zero-order chi connectivity index (χ0) is 16.4. The molecule has 2 aromatic rings. The topological polar surface area (TPSA) is 94.6 Å². The van der Waals surface area contributed by atoms with Gasteiger partial charge in [-0.25, -0.2) is 0 Å².